The molecule has 0 saturated heterocycles. The van der Waals surface area contributed by atoms with Gasteiger partial charge in [0, 0.05) is 6.07 Å². The van der Waals surface area contributed by atoms with E-state index in [0.29, 0.717) is 5.56 Å². The van der Waals surface area contributed by atoms with E-state index in [9.17, 15) is 4.79 Å². The molecule has 2 N–H and O–H groups in total. The third-order valence-electron chi connectivity index (χ3n) is 2.70. The summed E-state index contributed by atoms with van der Waals surface area (Å²) in [5.74, 6) is 0.398. The normalized spacial score (nSPS) is 9.70. The largest absolute Gasteiger partial charge is 0.497 e. The summed E-state index contributed by atoms with van der Waals surface area (Å²) < 4.78 is 9.82. The summed E-state index contributed by atoms with van der Waals surface area (Å²) in [7, 11) is 2.98. The van der Waals surface area contributed by atoms with E-state index in [0.717, 1.165) is 17.1 Å². The third kappa shape index (κ3) is 3.41. The zero-order valence-electron chi connectivity index (χ0n) is 11.3. The highest BCUT2D eigenvalue weighted by atomic mass is 16.5. The van der Waals surface area contributed by atoms with Crippen LogP contribution in [0, 0.1) is 0 Å². The Hall–Kier alpha value is -2.69. The highest BCUT2D eigenvalue weighted by Crippen LogP contribution is 2.17. The van der Waals surface area contributed by atoms with Crippen LogP contribution in [0.15, 0.2) is 48.5 Å². The van der Waals surface area contributed by atoms with Gasteiger partial charge in [0.2, 0.25) is 0 Å². The quantitative estimate of drug-likeness (QED) is 0.647. The molecule has 0 fully saturated rings. The number of carbonyl (C=O) groups is 1. The molecule has 0 spiro atoms. The smallest absolute Gasteiger partial charge is 0.337 e. The van der Waals surface area contributed by atoms with Crippen LogP contribution >= 0.6 is 0 Å². The number of methoxy groups -OCH3 is 2. The minimum atomic E-state index is -0.366. The molecule has 0 aliphatic rings. The number of rotatable bonds is 5. The molecule has 2 aromatic carbocycles. The first kappa shape index (κ1) is 13.7. The molecule has 0 bridgehead atoms. The number of hydrogen-bond donors (Lipinski definition) is 2. The van der Waals surface area contributed by atoms with Crippen LogP contribution in [0.1, 0.15) is 10.4 Å². The molecule has 0 atom stereocenters. The number of hydrogen-bond acceptors (Lipinski definition) is 5. The highest BCUT2D eigenvalue weighted by Gasteiger charge is 2.05. The lowest BCUT2D eigenvalue weighted by Gasteiger charge is -2.11. The molecule has 0 aromatic heterocycles. The van der Waals surface area contributed by atoms with Crippen molar-refractivity contribution in [3.8, 4) is 5.75 Å². The minimum Gasteiger partial charge on any atom is -0.497 e. The van der Waals surface area contributed by atoms with Crippen LogP contribution in [0.4, 0.5) is 11.4 Å². The van der Waals surface area contributed by atoms with Crippen molar-refractivity contribution in [1.29, 1.82) is 0 Å². The summed E-state index contributed by atoms with van der Waals surface area (Å²) in [5, 5.41) is 0. The van der Waals surface area contributed by atoms with Crippen LogP contribution in [-0.4, -0.2) is 20.2 Å². The second-order valence-electron chi connectivity index (χ2n) is 4.05. The van der Waals surface area contributed by atoms with Gasteiger partial charge in [-0.15, -0.1) is 0 Å². The Balaban J connectivity index is 2.05. The number of carbonyl (C=O) groups excluding carboxylic acids is 1. The fourth-order valence-corrected chi connectivity index (χ4v) is 1.69. The van der Waals surface area contributed by atoms with Gasteiger partial charge in [0.15, 0.2) is 0 Å². The van der Waals surface area contributed by atoms with Crippen LogP contribution in [-0.2, 0) is 4.74 Å². The van der Waals surface area contributed by atoms with Crippen LogP contribution in [0.5, 0.6) is 5.75 Å². The van der Waals surface area contributed by atoms with E-state index in [1.54, 1.807) is 25.3 Å². The summed E-state index contributed by atoms with van der Waals surface area (Å²) >= 11 is 0. The van der Waals surface area contributed by atoms with Gasteiger partial charge >= 0.3 is 5.97 Å². The number of hydrazine groups is 1. The Morgan fingerprint density at radius 1 is 0.950 bits per heavy atom. The van der Waals surface area contributed by atoms with E-state index >= 15 is 0 Å². The van der Waals surface area contributed by atoms with Gasteiger partial charge in [-0.1, -0.05) is 12.1 Å². The zero-order valence-corrected chi connectivity index (χ0v) is 11.3. The molecule has 0 radical (unpaired) electrons. The minimum absolute atomic E-state index is 0.366. The lowest BCUT2D eigenvalue weighted by Crippen LogP contribution is -2.09. The van der Waals surface area contributed by atoms with E-state index in [-0.39, 0.29) is 5.97 Å². The Morgan fingerprint density at radius 3 is 2.25 bits per heavy atom. The van der Waals surface area contributed by atoms with Crippen LogP contribution in [0.2, 0.25) is 0 Å². The van der Waals surface area contributed by atoms with Crippen molar-refractivity contribution in [2.24, 2.45) is 0 Å². The van der Waals surface area contributed by atoms with Gasteiger partial charge in [0.25, 0.3) is 0 Å². The third-order valence-corrected chi connectivity index (χ3v) is 2.70. The van der Waals surface area contributed by atoms with Crippen molar-refractivity contribution in [1.82, 2.24) is 0 Å². The van der Waals surface area contributed by atoms with Crippen molar-refractivity contribution in [3.05, 3.63) is 54.1 Å². The standard InChI is InChI=1S/C15H16N2O3/c1-19-14-8-4-7-13(10-14)17-16-12-6-3-5-11(9-12)15(18)20-2/h3-10,16-17H,1-2H3. The fourth-order valence-electron chi connectivity index (χ4n) is 1.69. The maximum Gasteiger partial charge on any atom is 0.337 e. The van der Waals surface area contributed by atoms with E-state index in [1.165, 1.54) is 7.11 Å². The molecule has 104 valence electrons. The summed E-state index contributed by atoms with van der Waals surface area (Å²) in [6.45, 7) is 0. The van der Waals surface area contributed by atoms with E-state index in [4.69, 9.17) is 4.74 Å². The molecule has 2 rings (SSSR count). The van der Waals surface area contributed by atoms with Gasteiger partial charge < -0.3 is 20.3 Å². The predicted molar refractivity (Wildman–Crippen MR) is 78.0 cm³/mol. The van der Waals surface area contributed by atoms with Crippen molar-refractivity contribution >= 4 is 17.3 Å². The Morgan fingerprint density at radius 2 is 1.60 bits per heavy atom. The first-order chi connectivity index (χ1) is 9.72. The molecule has 0 amide bonds. The molecule has 0 aliphatic carbocycles. The molecular formula is C15H16N2O3. The molecule has 0 aliphatic heterocycles. The van der Waals surface area contributed by atoms with Gasteiger partial charge in [-0.05, 0) is 30.3 Å². The number of ether oxygens (including phenoxy) is 2. The van der Waals surface area contributed by atoms with Gasteiger partial charge in [-0.25, -0.2) is 4.79 Å². The second-order valence-corrected chi connectivity index (χ2v) is 4.05. The molecule has 2 aromatic rings. The van der Waals surface area contributed by atoms with Crippen molar-refractivity contribution < 1.29 is 14.3 Å². The monoisotopic (exact) mass is 272 g/mol. The van der Waals surface area contributed by atoms with Crippen LogP contribution < -0.4 is 15.6 Å². The van der Waals surface area contributed by atoms with E-state index < -0.39 is 0 Å². The maximum absolute atomic E-state index is 11.4. The Kier molecular flexibility index (Phi) is 4.44. The van der Waals surface area contributed by atoms with Crippen molar-refractivity contribution in [3.63, 3.8) is 0 Å². The van der Waals surface area contributed by atoms with Crippen molar-refractivity contribution in [2.75, 3.05) is 25.1 Å². The first-order valence-electron chi connectivity index (χ1n) is 6.07. The van der Waals surface area contributed by atoms with Gasteiger partial charge in [-0.2, -0.15) is 0 Å². The summed E-state index contributed by atoms with van der Waals surface area (Å²) in [6, 6.07) is 14.5. The number of benzene rings is 2. The average Bonchev–Trinajstić information content (AvgIpc) is 2.52. The highest BCUT2D eigenvalue weighted by molar-refractivity contribution is 5.90. The maximum atomic E-state index is 11.4. The van der Waals surface area contributed by atoms with Gasteiger partial charge in [0.05, 0.1) is 31.2 Å². The van der Waals surface area contributed by atoms with Gasteiger partial charge in [-0.3, -0.25) is 0 Å². The van der Waals surface area contributed by atoms with E-state index in [1.807, 2.05) is 30.3 Å². The molecule has 20 heavy (non-hydrogen) atoms. The number of esters is 1. The SMILES string of the molecule is COC(=O)c1cccc(NNc2cccc(OC)c2)c1. The number of nitrogens with one attached hydrogen (secondary N) is 2. The topological polar surface area (TPSA) is 59.6 Å². The average molecular weight is 272 g/mol. The summed E-state index contributed by atoms with van der Waals surface area (Å²) in [6.07, 6.45) is 0. The molecular weight excluding hydrogens is 256 g/mol. The Labute approximate surface area is 117 Å². The van der Waals surface area contributed by atoms with Crippen molar-refractivity contribution in [2.45, 2.75) is 0 Å². The number of anilines is 2. The molecule has 5 heteroatoms. The van der Waals surface area contributed by atoms with Crippen LogP contribution in [0.3, 0.4) is 0 Å². The lowest BCUT2D eigenvalue weighted by molar-refractivity contribution is 0.0601. The Bertz CT molecular complexity index is 599. The van der Waals surface area contributed by atoms with E-state index in [2.05, 4.69) is 15.6 Å². The predicted octanol–water partition coefficient (Wildman–Crippen LogP) is 2.92. The zero-order chi connectivity index (χ0) is 14.4. The van der Waals surface area contributed by atoms with Crippen LogP contribution in [0.25, 0.3) is 0 Å². The summed E-state index contributed by atoms with van der Waals surface area (Å²) in [4.78, 5) is 11.4. The van der Waals surface area contributed by atoms with Gasteiger partial charge in [0.1, 0.15) is 5.75 Å². The lowest BCUT2D eigenvalue weighted by atomic mass is 10.2. The molecule has 0 unspecified atom stereocenters. The first-order valence-corrected chi connectivity index (χ1v) is 6.07. The summed E-state index contributed by atoms with van der Waals surface area (Å²) in [5.41, 5.74) is 8.16. The molecule has 5 nitrogen and oxygen atoms in total. The molecule has 0 saturated carbocycles. The molecule has 0 heterocycles. The second kappa shape index (κ2) is 6.47. The fraction of sp³-hybridized carbons (Fsp3) is 0.133.